The number of fused-ring (bicyclic) bond motifs is 1. The molecular formula is C29H36F2N4O2. The van der Waals surface area contributed by atoms with Crippen molar-refractivity contribution in [3.8, 4) is 0 Å². The van der Waals surface area contributed by atoms with Crippen molar-refractivity contribution in [3.63, 3.8) is 0 Å². The first-order chi connectivity index (χ1) is 17.8. The third-order valence-corrected chi connectivity index (χ3v) is 6.98. The van der Waals surface area contributed by atoms with Gasteiger partial charge in [0.25, 0.3) is 5.91 Å². The van der Waals surface area contributed by atoms with Crippen LogP contribution in [0.1, 0.15) is 64.6 Å². The van der Waals surface area contributed by atoms with Crippen molar-refractivity contribution in [1.82, 2.24) is 20.4 Å². The van der Waals surface area contributed by atoms with Crippen LogP contribution in [-0.2, 0) is 32.4 Å². The highest BCUT2D eigenvalue weighted by molar-refractivity contribution is 5.96. The molecule has 0 spiro atoms. The second-order valence-corrected chi connectivity index (χ2v) is 9.87. The van der Waals surface area contributed by atoms with Gasteiger partial charge in [0.15, 0.2) is 0 Å². The number of nitrogens with one attached hydrogen (secondary N) is 2. The monoisotopic (exact) mass is 510 g/mol. The molecule has 37 heavy (non-hydrogen) atoms. The molecule has 0 radical (unpaired) electrons. The van der Waals surface area contributed by atoms with E-state index in [1.54, 1.807) is 0 Å². The SMILES string of the molecule is CCc1cccc(CNC[C@@H](O)[C@H](Cc2cc(F)cc(F)c2)NC(=O)c2c(C)nn3c2CCCCC3)c1. The number of hydrogen-bond donors (Lipinski definition) is 3. The number of aromatic nitrogens is 2. The molecule has 3 aromatic rings. The van der Waals surface area contributed by atoms with Crippen LogP contribution >= 0.6 is 0 Å². The molecule has 1 aromatic heterocycles. The Bertz CT molecular complexity index is 1210. The van der Waals surface area contributed by atoms with Gasteiger partial charge in [0, 0.05) is 25.7 Å². The largest absolute Gasteiger partial charge is 0.390 e. The van der Waals surface area contributed by atoms with Gasteiger partial charge in [0.05, 0.1) is 29.1 Å². The molecule has 1 aliphatic heterocycles. The number of nitrogens with zero attached hydrogens (tertiary/aromatic N) is 2. The fraction of sp³-hybridized carbons (Fsp3) is 0.448. The van der Waals surface area contributed by atoms with E-state index in [0.717, 1.165) is 56.0 Å². The Kier molecular flexibility index (Phi) is 9.05. The lowest BCUT2D eigenvalue weighted by molar-refractivity contribution is 0.0828. The number of amides is 1. The van der Waals surface area contributed by atoms with E-state index in [9.17, 15) is 18.7 Å². The molecule has 0 unspecified atom stereocenters. The summed E-state index contributed by atoms with van der Waals surface area (Å²) in [5.41, 5.74) is 4.78. The minimum atomic E-state index is -0.987. The van der Waals surface area contributed by atoms with E-state index in [-0.39, 0.29) is 18.9 Å². The van der Waals surface area contributed by atoms with Crippen molar-refractivity contribution >= 4 is 5.91 Å². The normalized spacial score (nSPS) is 15.1. The first-order valence-corrected chi connectivity index (χ1v) is 13.1. The highest BCUT2D eigenvalue weighted by Gasteiger charge is 2.27. The average molecular weight is 511 g/mol. The summed E-state index contributed by atoms with van der Waals surface area (Å²) in [5, 5.41) is 21.9. The molecule has 4 rings (SSSR count). The average Bonchev–Trinajstić information content (AvgIpc) is 3.01. The number of carbonyl (C=O) groups excluding carboxylic acids is 1. The van der Waals surface area contributed by atoms with Crippen LogP contribution in [0.4, 0.5) is 8.78 Å². The zero-order chi connectivity index (χ0) is 26.4. The molecule has 0 bridgehead atoms. The first-order valence-electron chi connectivity index (χ1n) is 13.1. The predicted molar refractivity (Wildman–Crippen MR) is 139 cm³/mol. The summed E-state index contributed by atoms with van der Waals surface area (Å²) in [6.45, 7) is 5.44. The van der Waals surface area contributed by atoms with E-state index in [4.69, 9.17) is 0 Å². The number of aryl methyl sites for hydroxylation is 3. The number of aliphatic hydroxyl groups excluding tert-OH is 1. The van der Waals surface area contributed by atoms with Crippen LogP contribution in [0.3, 0.4) is 0 Å². The number of benzene rings is 2. The van der Waals surface area contributed by atoms with E-state index < -0.39 is 23.8 Å². The Hall–Kier alpha value is -3.10. The Morgan fingerprint density at radius 2 is 1.84 bits per heavy atom. The van der Waals surface area contributed by atoms with Crippen molar-refractivity contribution < 1.29 is 18.7 Å². The van der Waals surface area contributed by atoms with Crippen molar-refractivity contribution in [2.75, 3.05) is 6.54 Å². The molecule has 198 valence electrons. The summed E-state index contributed by atoms with van der Waals surface area (Å²) in [5.74, 6) is -1.71. The molecule has 3 N–H and O–H groups in total. The minimum absolute atomic E-state index is 0.0805. The number of halogens is 2. The van der Waals surface area contributed by atoms with E-state index in [1.165, 1.54) is 17.7 Å². The van der Waals surface area contributed by atoms with Crippen molar-refractivity contribution in [2.24, 2.45) is 0 Å². The second kappa shape index (κ2) is 12.4. The molecule has 0 saturated carbocycles. The molecule has 0 saturated heterocycles. The van der Waals surface area contributed by atoms with Crippen LogP contribution in [0.5, 0.6) is 0 Å². The van der Waals surface area contributed by atoms with Gasteiger partial charge in [-0.15, -0.1) is 0 Å². The third kappa shape index (κ3) is 7.02. The van der Waals surface area contributed by atoms with Crippen molar-refractivity contribution in [3.05, 3.63) is 87.7 Å². The molecule has 8 heteroatoms. The summed E-state index contributed by atoms with van der Waals surface area (Å²) in [4.78, 5) is 13.5. The molecule has 0 fully saturated rings. The van der Waals surface area contributed by atoms with Gasteiger partial charge in [-0.1, -0.05) is 37.6 Å². The van der Waals surface area contributed by atoms with Crippen LogP contribution in [0, 0.1) is 18.6 Å². The molecule has 1 aliphatic rings. The Morgan fingerprint density at radius 1 is 1.08 bits per heavy atom. The zero-order valence-electron chi connectivity index (χ0n) is 21.6. The summed E-state index contributed by atoms with van der Waals surface area (Å²) >= 11 is 0. The topological polar surface area (TPSA) is 79.2 Å². The third-order valence-electron chi connectivity index (χ3n) is 6.98. The van der Waals surface area contributed by atoms with Crippen LogP contribution in [0.2, 0.25) is 0 Å². The summed E-state index contributed by atoms with van der Waals surface area (Å²) < 4.78 is 29.7. The van der Waals surface area contributed by atoms with Gasteiger partial charge in [-0.3, -0.25) is 9.48 Å². The standard InChI is InChI=1S/C29H36F2N4O2/c1-3-20-8-7-9-21(12-20)17-32-18-27(36)25(15-22-13-23(30)16-24(31)14-22)33-29(37)28-19(2)34-35-11-6-4-5-10-26(28)35/h7-9,12-14,16,25,27,32,36H,3-6,10-11,15,17-18H2,1-2H3,(H,33,37)/t25-,27+/m0/s1. The first kappa shape index (κ1) is 26.9. The van der Waals surface area contributed by atoms with E-state index in [2.05, 4.69) is 34.8 Å². The van der Waals surface area contributed by atoms with Crippen molar-refractivity contribution in [1.29, 1.82) is 0 Å². The van der Waals surface area contributed by atoms with Crippen LogP contribution < -0.4 is 10.6 Å². The second-order valence-electron chi connectivity index (χ2n) is 9.87. The van der Waals surface area contributed by atoms with Crippen LogP contribution in [0.15, 0.2) is 42.5 Å². The predicted octanol–water partition coefficient (Wildman–Crippen LogP) is 4.25. The maximum Gasteiger partial charge on any atom is 0.255 e. The van der Waals surface area contributed by atoms with Gasteiger partial charge in [0.2, 0.25) is 0 Å². The maximum atomic E-state index is 13.9. The van der Waals surface area contributed by atoms with Gasteiger partial charge in [0.1, 0.15) is 11.6 Å². The van der Waals surface area contributed by atoms with Gasteiger partial charge in [-0.05, 0) is 67.9 Å². The summed E-state index contributed by atoms with van der Waals surface area (Å²) in [6.07, 6.45) is 3.90. The lowest BCUT2D eigenvalue weighted by Gasteiger charge is -2.25. The highest BCUT2D eigenvalue weighted by Crippen LogP contribution is 2.22. The van der Waals surface area contributed by atoms with Crippen LogP contribution in [-0.4, -0.2) is 39.5 Å². The smallest absolute Gasteiger partial charge is 0.255 e. The Labute approximate surface area is 217 Å². The molecule has 2 atom stereocenters. The minimum Gasteiger partial charge on any atom is -0.390 e. The lowest BCUT2D eigenvalue weighted by atomic mass is 9.99. The van der Waals surface area contributed by atoms with Crippen LogP contribution in [0.25, 0.3) is 0 Å². The van der Waals surface area contributed by atoms with Crippen molar-refractivity contribution in [2.45, 2.75) is 77.6 Å². The fourth-order valence-electron chi connectivity index (χ4n) is 5.07. The molecule has 2 aromatic carbocycles. The number of rotatable bonds is 10. The Balaban J connectivity index is 1.50. The van der Waals surface area contributed by atoms with Gasteiger partial charge >= 0.3 is 0 Å². The summed E-state index contributed by atoms with van der Waals surface area (Å²) in [6, 6.07) is 10.7. The highest BCUT2D eigenvalue weighted by atomic mass is 19.1. The lowest BCUT2D eigenvalue weighted by Crippen LogP contribution is -2.49. The zero-order valence-corrected chi connectivity index (χ0v) is 21.6. The quantitative estimate of drug-likeness (QED) is 0.381. The van der Waals surface area contributed by atoms with E-state index >= 15 is 0 Å². The molecular weight excluding hydrogens is 474 g/mol. The van der Waals surface area contributed by atoms with Gasteiger partial charge in [-0.2, -0.15) is 5.10 Å². The molecule has 0 aliphatic carbocycles. The molecule has 6 nitrogen and oxygen atoms in total. The number of aliphatic hydroxyl groups is 1. The fourth-order valence-corrected chi connectivity index (χ4v) is 5.07. The maximum absolute atomic E-state index is 13.9. The van der Waals surface area contributed by atoms with E-state index in [0.29, 0.717) is 23.4 Å². The number of hydrogen-bond acceptors (Lipinski definition) is 4. The molecule has 2 heterocycles. The number of carbonyl (C=O) groups is 1. The van der Waals surface area contributed by atoms with E-state index in [1.807, 2.05) is 23.7 Å². The van der Waals surface area contributed by atoms with Gasteiger partial charge < -0.3 is 15.7 Å². The molecule has 1 amide bonds. The summed E-state index contributed by atoms with van der Waals surface area (Å²) in [7, 11) is 0. The van der Waals surface area contributed by atoms with Gasteiger partial charge in [-0.25, -0.2) is 8.78 Å². The Morgan fingerprint density at radius 3 is 2.59 bits per heavy atom.